The van der Waals surface area contributed by atoms with Gasteiger partial charge in [0.15, 0.2) is 0 Å². The lowest BCUT2D eigenvalue weighted by atomic mass is 10.3. The zero-order chi connectivity index (χ0) is 9.97. The molecule has 2 aromatic rings. The maximum Gasteiger partial charge on any atom is 0.129 e. The summed E-state index contributed by atoms with van der Waals surface area (Å²) in [5.41, 5.74) is 0.747. The van der Waals surface area contributed by atoms with Crippen molar-refractivity contribution in [1.29, 1.82) is 0 Å². The standard InChI is InChI=1S/C9H7Cl2N3/c10-7-1-2-9(11)13-8(7)5-14-4-3-12-6-14/h1-4,6H,5H2. The average Bonchev–Trinajstić information content (AvgIpc) is 2.64. The number of hydrogen-bond acceptors (Lipinski definition) is 2. The van der Waals surface area contributed by atoms with E-state index >= 15 is 0 Å². The normalized spacial score (nSPS) is 10.4. The van der Waals surface area contributed by atoms with Crippen LogP contribution < -0.4 is 0 Å². The van der Waals surface area contributed by atoms with Gasteiger partial charge in [-0.3, -0.25) is 0 Å². The summed E-state index contributed by atoms with van der Waals surface area (Å²) in [7, 11) is 0. The van der Waals surface area contributed by atoms with E-state index in [1.54, 1.807) is 24.7 Å². The molecule has 0 saturated carbocycles. The number of rotatable bonds is 2. The van der Waals surface area contributed by atoms with E-state index in [0.717, 1.165) is 5.69 Å². The number of nitrogens with zero attached hydrogens (tertiary/aromatic N) is 3. The van der Waals surface area contributed by atoms with Crippen molar-refractivity contribution < 1.29 is 0 Å². The van der Waals surface area contributed by atoms with E-state index in [2.05, 4.69) is 9.97 Å². The zero-order valence-corrected chi connectivity index (χ0v) is 8.70. The van der Waals surface area contributed by atoms with E-state index in [0.29, 0.717) is 16.7 Å². The second-order valence-corrected chi connectivity index (χ2v) is 3.59. The minimum Gasteiger partial charge on any atom is -0.331 e. The maximum absolute atomic E-state index is 5.96. The van der Waals surface area contributed by atoms with Gasteiger partial charge < -0.3 is 4.57 Å². The summed E-state index contributed by atoms with van der Waals surface area (Å²) in [5.74, 6) is 0. The summed E-state index contributed by atoms with van der Waals surface area (Å²) in [5, 5.41) is 1.06. The second kappa shape index (κ2) is 3.98. The Morgan fingerprint density at radius 1 is 1.29 bits per heavy atom. The van der Waals surface area contributed by atoms with Crippen LogP contribution in [0, 0.1) is 0 Å². The Hall–Kier alpha value is -1.06. The van der Waals surface area contributed by atoms with Crippen molar-refractivity contribution in [2.45, 2.75) is 6.54 Å². The Bertz CT molecular complexity index is 426. The minimum atomic E-state index is 0.449. The summed E-state index contributed by atoms with van der Waals surface area (Å²) in [6.45, 7) is 0.583. The van der Waals surface area contributed by atoms with Crippen molar-refractivity contribution in [3.63, 3.8) is 0 Å². The Labute approximate surface area is 91.3 Å². The van der Waals surface area contributed by atoms with E-state index in [1.807, 2.05) is 10.8 Å². The molecular formula is C9H7Cl2N3. The summed E-state index contributed by atoms with van der Waals surface area (Å²) >= 11 is 11.7. The zero-order valence-electron chi connectivity index (χ0n) is 7.19. The van der Waals surface area contributed by atoms with Crippen molar-refractivity contribution >= 4 is 23.2 Å². The molecule has 5 heteroatoms. The van der Waals surface area contributed by atoms with Gasteiger partial charge in [-0.2, -0.15) is 0 Å². The predicted octanol–water partition coefficient (Wildman–Crippen LogP) is 2.63. The van der Waals surface area contributed by atoms with Crippen LogP contribution in [0.1, 0.15) is 5.69 Å². The van der Waals surface area contributed by atoms with Gasteiger partial charge in [0.1, 0.15) is 5.15 Å². The molecule has 0 saturated heterocycles. The molecule has 14 heavy (non-hydrogen) atoms. The monoisotopic (exact) mass is 227 g/mol. The van der Waals surface area contributed by atoms with E-state index in [9.17, 15) is 0 Å². The highest BCUT2D eigenvalue weighted by atomic mass is 35.5. The van der Waals surface area contributed by atoms with Crippen LogP contribution >= 0.6 is 23.2 Å². The summed E-state index contributed by atoms with van der Waals surface area (Å²) in [4.78, 5) is 8.06. The fourth-order valence-electron chi connectivity index (χ4n) is 1.12. The molecular weight excluding hydrogens is 221 g/mol. The molecule has 2 rings (SSSR count). The van der Waals surface area contributed by atoms with Crippen LogP contribution in [-0.2, 0) is 6.54 Å². The maximum atomic E-state index is 5.96. The SMILES string of the molecule is Clc1ccc(Cl)c(Cn2ccnc2)n1. The van der Waals surface area contributed by atoms with Crippen molar-refractivity contribution in [1.82, 2.24) is 14.5 Å². The van der Waals surface area contributed by atoms with E-state index in [4.69, 9.17) is 23.2 Å². The molecule has 72 valence electrons. The van der Waals surface area contributed by atoms with Crippen LogP contribution in [0.15, 0.2) is 30.9 Å². The van der Waals surface area contributed by atoms with Crippen LogP contribution in [0.2, 0.25) is 10.2 Å². The molecule has 3 nitrogen and oxygen atoms in total. The molecule has 0 bridgehead atoms. The van der Waals surface area contributed by atoms with Crippen LogP contribution in [0.4, 0.5) is 0 Å². The lowest BCUT2D eigenvalue weighted by Gasteiger charge is -2.04. The topological polar surface area (TPSA) is 30.7 Å². The van der Waals surface area contributed by atoms with Crippen LogP contribution in [0.5, 0.6) is 0 Å². The molecule has 0 aliphatic carbocycles. The van der Waals surface area contributed by atoms with Gasteiger partial charge in [0.25, 0.3) is 0 Å². The van der Waals surface area contributed by atoms with Gasteiger partial charge in [-0.1, -0.05) is 23.2 Å². The molecule has 0 unspecified atom stereocenters. The molecule has 0 aliphatic heterocycles. The van der Waals surface area contributed by atoms with Gasteiger partial charge in [0, 0.05) is 12.4 Å². The smallest absolute Gasteiger partial charge is 0.129 e. The van der Waals surface area contributed by atoms with Gasteiger partial charge in [0.2, 0.25) is 0 Å². The Balaban J connectivity index is 2.28. The number of halogens is 2. The molecule has 2 heterocycles. The lowest BCUT2D eigenvalue weighted by Crippen LogP contribution is -2.00. The van der Waals surface area contributed by atoms with Gasteiger partial charge in [-0.15, -0.1) is 0 Å². The van der Waals surface area contributed by atoms with Crippen molar-refractivity contribution in [2.75, 3.05) is 0 Å². The van der Waals surface area contributed by atoms with Gasteiger partial charge in [0.05, 0.1) is 23.6 Å². The average molecular weight is 228 g/mol. The minimum absolute atomic E-state index is 0.449. The largest absolute Gasteiger partial charge is 0.331 e. The van der Waals surface area contributed by atoms with E-state index < -0.39 is 0 Å². The van der Waals surface area contributed by atoms with E-state index in [1.165, 1.54) is 0 Å². The first-order valence-corrected chi connectivity index (χ1v) is 4.78. The van der Waals surface area contributed by atoms with Gasteiger partial charge >= 0.3 is 0 Å². The lowest BCUT2D eigenvalue weighted by molar-refractivity contribution is 0.773. The van der Waals surface area contributed by atoms with Crippen LogP contribution in [0.3, 0.4) is 0 Å². The first-order valence-electron chi connectivity index (χ1n) is 4.02. The highest BCUT2D eigenvalue weighted by Gasteiger charge is 2.03. The van der Waals surface area contributed by atoms with Crippen LogP contribution in [-0.4, -0.2) is 14.5 Å². The van der Waals surface area contributed by atoms with Gasteiger partial charge in [-0.25, -0.2) is 9.97 Å². The van der Waals surface area contributed by atoms with E-state index in [-0.39, 0.29) is 0 Å². The molecule has 0 aromatic carbocycles. The molecule has 0 fully saturated rings. The molecule has 0 spiro atoms. The molecule has 0 radical (unpaired) electrons. The number of imidazole rings is 1. The fraction of sp³-hybridized carbons (Fsp3) is 0.111. The molecule has 0 aliphatic rings. The third-order valence-corrected chi connectivity index (χ3v) is 2.33. The molecule has 0 N–H and O–H groups in total. The summed E-state index contributed by atoms with van der Waals surface area (Å²) in [6, 6.07) is 3.41. The van der Waals surface area contributed by atoms with Crippen LogP contribution in [0.25, 0.3) is 0 Å². The first-order chi connectivity index (χ1) is 6.75. The Morgan fingerprint density at radius 2 is 2.14 bits per heavy atom. The molecule has 0 atom stereocenters. The Morgan fingerprint density at radius 3 is 2.86 bits per heavy atom. The summed E-state index contributed by atoms with van der Waals surface area (Å²) < 4.78 is 1.88. The quantitative estimate of drug-likeness (QED) is 0.739. The Kier molecular flexibility index (Phi) is 2.70. The summed E-state index contributed by atoms with van der Waals surface area (Å²) in [6.07, 6.45) is 5.26. The number of pyridine rings is 1. The van der Waals surface area contributed by atoms with Gasteiger partial charge in [-0.05, 0) is 12.1 Å². The third-order valence-electron chi connectivity index (χ3n) is 1.78. The molecule has 2 aromatic heterocycles. The number of hydrogen-bond donors (Lipinski definition) is 0. The van der Waals surface area contributed by atoms with Crippen molar-refractivity contribution in [3.05, 3.63) is 46.7 Å². The van der Waals surface area contributed by atoms with Crippen molar-refractivity contribution in [3.8, 4) is 0 Å². The predicted molar refractivity (Wildman–Crippen MR) is 55.6 cm³/mol. The number of aromatic nitrogens is 3. The third kappa shape index (κ3) is 2.05. The van der Waals surface area contributed by atoms with Crippen molar-refractivity contribution in [2.24, 2.45) is 0 Å². The highest BCUT2D eigenvalue weighted by molar-refractivity contribution is 6.32. The highest BCUT2D eigenvalue weighted by Crippen LogP contribution is 2.17. The molecule has 0 amide bonds. The second-order valence-electron chi connectivity index (χ2n) is 2.80. The first kappa shape index (κ1) is 9.49. The fourth-order valence-corrected chi connectivity index (χ4v) is 1.45.